The number of hydrogen-bond acceptors (Lipinski definition) is 8. The van der Waals surface area contributed by atoms with E-state index < -0.39 is 10.8 Å². The fourth-order valence-corrected chi connectivity index (χ4v) is 12.9. The summed E-state index contributed by atoms with van der Waals surface area (Å²) in [5.41, 5.74) is 11.8. The molecule has 13 aromatic rings. The number of anilines is 12. The fourth-order valence-electron chi connectivity index (χ4n) is 12.9. The van der Waals surface area contributed by atoms with Gasteiger partial charge in [0.1, 0.15) is 34.1 Å². The summed E-state index contributed by atoms with van der Waals surface area (Å²) in [5, 5.41) is 0. The van der Waals surface area contributed by atoms with Crippen LogP contribution in [0.1, 0.15) is 45.0 Å². The van der Waals surface area contributed by atoms with Gasteiger partial charge in [0, 0.05) is 57.6 Å². The number of rotatable bonds is 14. The molecule has 0 radical (unpaired) electrons. The van der Waals surface area contributed by atoms with Crippen molar-refractivity contribution in [1.29, 1.82) is 0 Å². The summed E-state index contributed by atoms with van der Waals surface area (Å²) in [6.07, 6.45) is 0. The monoisotopic (exact) mass is 1080 g/mol. The van der Waals surface area contributed by atoms with Crippen LogP contribution in [-0.4, -0.2) is 19.9 Å². The van der Waals surface area contributed by atoms with Gasteiger partial charge < -0.3 is 0 Å². The average Bonchev–Trinajstić information content (AvgIpc) is 0.684. The standard InChI is InChI=1S/C76H54N8/c1-9-31-55(32-10-1)81(56-33-11-2-12-34-56)69-53-70(82(57-35-13-3-14-36-57)58-37-15-4-16-38-58)78-73(77-69)75-63-47-25-28-50-66(63)76(67-51-29-26-48-64(67)75,68-52-30-27-49-65(68)75)74-79-71(83(59-39-17-5-18-40-59)60-41-19-6-20-42-60)54-72(80-74)84(61-43-21-7-22-44-61)62-45-23-8-24-46-62/h1-54H. The van der Waals surface area contributed by atoms with Crippen LogP contribution < -0.4 is 19.6 Å². The van der Waals surface area contributed by atoms with Crippen LogP contribution in [0.2, 0.25) is 0 Å². The molecule has 3 aliphatic carbocycles. The Labute approximate surface area is 489 Å². The molecule has 0 N–H and O–H groups in total. The van der Waals surface area contributed by atoms with Crippen molar-refractivity contribution in [2.75, 3.05) is 19.6 Å². The van der Waals surface area contributed by atoms with E-state index in [1.165, 1.54) is 0 Å². The molecule has 2 heterocycles. The summed E-state index contributed by atoms with van der Waals surface area (Å²) in [6.45, 7) is 0. The number of nitrogens with zero attached hydrogens (tertiary/aromatic N) is 8. The third kappa shape index (κ3) is 8.14. The van der Waals surface area contributed by atoms with Gasteiger partial charge in [0.25, 0.3) is 0 Å². The first-order chi connectivity index (χ1) is 41.7. The molecule has 0 saturated carbocycles. The SMILES string of the molecule is c1ccc(N(c2ccccc2)c2cc(N(c3ccccc3)c3ccccc3)nc(C34c5ccccc5C(c5nc(N(c6ccccc6)c6ccccc6)cc(N(c6ccccc6)c6ccccc6)n5)(c5ccccc53)c3ccccc34)n2)cc1. The van der Waals surface area contributed by atoms with Crippen LogP contribution >= 0.6 is 0 Å². The second-order valence-electron chi connectivity index (χ2n) is 21.0. The number of hydrogen-bond donors (Lipinski definition) is 0. The molecule has 3 aliphatic rings. The molecular formula is C76H54N8. The average molecular weight is 1080 g/mol. The van der Waals surface area contributed by atoms with E-state index in [2.05, 4.69) is 347 Å². The first-order valence-corrected chi connectivity index (χ1v) is 28.4. The van der Waals surface area contributed by atoms with E-state index in [1.54, 1.807) is 0 Å². The topological polar surface area (TPSA) is 64.5 Å². The Kier molecular flexibility index (Phi) is 12.5. The van der Waals surface area contributed by atoms with Gasteiger partial charge in [-0.1, -0.05) is 218 Å². The summed E-state index contributed by atoms with van der Waals surface area (Å²) >= 11 is 0. The zero-order valence-electron chi connectivity index (χ0n) is 45.8. The molecule has 0 fully saturated rings. The largest absolute Gasteiger partial charge is 0.295 e. The van der Waals surface area contributed by atoms with Crippen LogP contribution in [-0.2, 0) is 10.8 Å². The summed E-state index contributed by atoms with van der Waals surface area (Å²) < 4.78 is 0. The third-order valence-corrected chi connectivity index (χ3v) is 16.3. The third-order valence-electron chi connectivity index (χ3n) is 16.3. The van der Waals surface area contributed by atoms with Crippen molar-refractivity contribution in [2.45, 2.75) is 10.8 Å². The van der Waals surface area contributed by atoms with Gasteiger partial charge in [-0.2, -0.15) is 0 Å². The van der Waals surface area contributed by atoms with Crippen molar-refractivity contribution in [2.24, 2.45) is 0 Å². The molecule has 0 spiro atoms. The number of para-hydroxylation sites is 8. The molecule has 8 nitrogen and oxygen atoms in total. The molecule has 2 bridgehead atoms. The Morgan fingerprint density at radius 1 is 0.179 bits per heavy atom. The minimum Gasteiger partial charge on any atom is -0.295 e. The van der Waals surface area contributed by atoms with Crippen LogP contribution in [0.5, 0.6) is 0 Å². The Morgan fingerprint density at radius 3 is 0.476 bits per heavy atom. The lowest BCUT2D eigenvalue weighted by molar-refractivity contribution is 0.519. The van der Waals surface area contributed by atoms with Gasteiger partial charge in [-0.15, -0.1) is 0 Å². The van der Waals surface area contributed by atoms with E-state index >= 15 is 0 Å². The normalized spacial score (nSPS) is 15.2. The van der Waals surface area contributed by atoms with Gasteiger partial charge in [0.15, 0.2) is 11.6 Å². The molecule has 0 aliphatic heterocycles. The molecular weight excluding hydrogens is 1020 g/mol. The van der Waals surface area contributed by atoms with Gasteiger partial charge in [0.2, 0.25) is 0 Å². The summed E-state index contributed by atoms with van der Waals surface area (Å²) in [4.78, 5) is 33.0. The maximum Gasteiger partial charge on any atom is 0.152 e. The first kappa shape index (κ1) is 49.8. The zero-order valence-corrected chi connectivity index (χ0v) is 45.8. The Hall–Kier alpha value is -11.2. The fraction of sp³-hybridized carbons (Fsp3) is 0.0263. The van der Waals surface area contributed by atoms with Crippen molar-refractivity contribution in [1.82, 2.24) is 19.9 Å². The van der Waals surface area contributed by atoms with E-state index in [1.807, 2.05) is 0 Å². The van der Waals surface area contributed by atoms with E-state index in [0.29, 0.717) is 34.9 Å². The maximum absolute atomic E-state index is 5.99. The zero-order chi connectivity index (χ0) is 55.9. The molecule has 2 aromatic heterocycles. The van der Waals surface area contributed by atoms with Crippen LogP contribution in [0.25, 0.3) is 0 Å². The Balaban J connectivity index is 1.06. The highest BCUT2D eigenvalue weighted by molar-refractivity contribution is 5.86. The smallest absolute Gasteiger partial charge is 0.152 e. The van der Waals surface area contributed by atoms with Crippen molar-refractivity contribution in [3.8, 4) is 0 Å². The Morgan fingerprint density at radius 2 is 0.321 bits per heavy atom. The van der Waals surface area contributed by atoms with Crippen LogP contribution in [0.4, 0.5) is 68.8 Å². The van der Waals surface area contributed by atoms with Crippen molar-refractivity contribution >= 4 is 68.8 Å². The van der Waals surface area contributed by atoms with Crippen molar-refractivity contribution in [3.63, 3.8) is 0 Å². The quantitative estimate of drug-likeness (QED) is 0.107. The predicted octanol–water partition coefficient (Wildman–Crippen LogP) is 18.5. The lowest BCUT2D eigenvalue weighted by Gasteiger charge is -2.55. The maximum atomic E-state index is 5.99. The lowest BCUT2D eigenvalue weighted by Crippen LogP contribution is -2.53. The highest BCUT2D eigenvalue weighted by Crippen LogP contribution is 2.66. The number of aromatic nitrogens is 4. The van der Waals surface area contributed by atoms with Gasteiger partial charge in [-0.25, -0.2) is 19.9 Å². The van der Waals surface area contributed by atoms with Gasteiger partial charge >= 0.3 is 0 Å². The second kappa shape index (κ2) is 21.0. The molecule has 84 heavy (non-hydrogen) atoms. The molecule has 0 unspecified atom stereocenters. The minimum absolute atomic E-state index is 0.624. The number of benzene rings is 11. The molecule has 16 rings (SSSR count). The molecule has 0 atom stereocenters. The molecule has 398 valence electrons. The highest BCUT2D eigenvalue weighted by atomic mass is 15.3. The minimum atomic E-state index is -1.07. The summed E-state index contributed by atoms with van der Waals surface area (Å²) in [7, 11) is 0. The molecule has 0 saturated heterocycles. The van der Waals surface area contributed by atoms with Gasteiger partial charge in [-0.05, 0) is 130 Å². The van der Waals surface area contributed by atoms with E-state index in [-0.39, 0.29) is 0 Å². The Bertz CT molecular complexity index is 3680. The van der Waals surface area contributed by atoms with Crippen molar-refractivity contribution < 1.29 is 0 Å². The second-order valence-corrected chi connectivity index (χ2v) is 21.0. The van der Waals surface area contributed by atoms with Crippen LogP contribution in [0, 0.1) is 0 Å². The van der Waals surface area contributed by atoms with Gasteiger partial charge in [0.05, 0.1) is 0 Å². The van der Waals surface area contributed by atoms with Crippen molar-refractivity contribution in [3.05, 3.63) is 373 Å². The molecule has 11 aromatic carbocycles. The van der Waals surface area contributed by atoms with Crippen LogP contribution in [0.3, 0.4) is 0 Å². The highest BCUT2D eigenvalue weighted by Gasteiger charge is 2.63. The van der Waals surface area contributed by atoms with E-state index in [4.69, 9.17) is 19.9 Å². The summed E-state index contributed by atoms with van der Waals surface area (Å²) in [6, 6.07) is 115. The molecule has 0 amide bonds. The van der Waals surface area contributed by atoms with E-state index in [0.717, 1.165) is 78.9 Å². The molecule has 8 heteroatoms. The predicted molar refractivity (Wildman–Crippen MR) is 340 cm³/mol. The van der Waals surface area contributed by atoms with Gasteiger partial charge in [-0.3, -0.25) is 19.6 Å². The lowest BCUT2D eigenvalue weighted by atomic mass is 9.46. The van der Waals surface area contributed by atoms with Crippen LogP contribution in [0.15, 0.2) is 328 Å². The summed E-state index contributed by atoms with van der Waals surface area (Å²) in [5.74, 6) is 4.07. The van der Waals surface area contributed by atoms with E-state index in [9.17, 15) is 0 Å². The first-order valence-electron chi connectivity index (χ1n) is 28.4.